The molecule has 4 rings (SSSR count). The zero-order chi connectivity index (χ0) is 23.4. The van der Waals surface area contributed by atoms with Crippen molar-refractivity contribution in [3.8, 4) is 5.75 Å². The van der Waals surface area contributed by atoms with Gasteiger partial charge in [-0.05, 0) is 31.8 Å². The van der Waals surface area contributed by atoms with Crippen molar-refractivity contribution in [2.24, 2.45) is 0 Å². The van der Waals surface area contributed by atoms with E-state index < -0.39 is 10.0 Å². The number of benzene rings is 1. The van der Waals surface area contributed by atoms with E-state index in [1.165, 1.54) is 0 Å². The largest absolute Gasteiger partial charge is 0.497 e. The number of hydrogen-bond acceptors (Lipinski definition) is 8. The van der Waals surface area contributed by atoms with Crippen LogP contribution in [0.25, 0.3) is 0 Å². The highest BCUT2D eigenvalue weighted by Gasteiger charge is 2.40. The molecule has 2 saturated heterocycles. The van der Waals surface area contributed by atoms with Gasteiger partial charge in [0.2, 0.25) is 10.0 Å². The monoisotopic (exact) mass is 477 g/mol. The molecule has 1 unspecified atom stereocenters. The smallest absolute Gasteiger partial charge is 0.216 e. The highest BCUT2D eigenvalue weighted by atomic mass is 32.2. The minimum atomic E-state index is -3.30. The van der Waals surface area contributed by atoms with E-state index in [0.717, 1.165) is 50.6 Å². The predicted molar refractivity (Wildman–Crippen MR) is 127 cm³/mol. The van der Waals surface area contributed by atoms with Gasteiger partial charge in [-0.1, -0.05) is 17.3 Å². The second-order valence-corrected chi connectivity index (χ2v) is 11.2. The van der Waals surface area contributed by atoms with Crippen LogP contribution in [0.5, 0.6) is 5.75 Å². The van der Waals surface area contributed by atoms with Gasteiger partial charge in [-0.15, -0.1) is 5.10 Å². The van der Waals surface area contributed by atoms with Crippen LogP contribution in [0.2, 0.25) is 0 Å². The third-order valence-electron chi connectivity index (χ3n) is 6.43. The molecule has 10 nitrogen and oxygen atoms in total. The van der Waals surface area contributed by atoms with Gasteiger partial charge in [0, 0.05) is 51.9 Å². The number of likely N-dealkylation sites (N-methyl/N-ethyl adjacent to an activating group) is 1. The summed E-state index contributed by atoms with van der Waals surface area (Å²) in [6.45, 7) is 7.28. The Morgan fingerprint density at radius 1 is 1.09 bits per heavy atom. The van der Waals surface area contributed by atoms with Crippen molar-refractivity contribution in [1.82, 2.24) is 34.0 Å². The standard InChI is InChI=1S/C22H35N7O3S/c1-25(2)8-9-26-10-12-27(13-11-26)21-17-29(33(30,31)18-21)16-20-15-28(24-23-20)14-19-4-6-22(32-3)7-5-19/h4-7,15,21H,8-14,16-18H2,1-3H3. The summed E-state index contributed by atoms with van der Waals surface area (Å²) in [6, 6.07) is 7.82. The van der Waals surface area contributed by atoms with Crippen LogP contribution in [0.15, 0.2) is 30.5 Å². The molecule has 0 spiro atoms. The van der Waals surface area contributed by atoms with E-state index in [2.05, 4.69) is 39.1 Å². The number of aromatic nitrogens is 3. The van der Waals surface area contributed by atoms with Crippen molar-refractivity contribution >= 4 is 10.0 Å². The first kappa shape index (κ1) is 24.1. The fourth-order valence-corrected chi connectivity index (χ4v) is 6.16. The van der Waals surface area contributed by atoms with Gasteiger partial charge in [0.05, 0.1) is 37.8 Å². The number of hydrogen-bond donors (Lipinski definition) is 0. The number of sulfonamides is 1. The van der Waals surface area contributed by atoms with Gasteiger partial charge >= 0.3 is 0 Å². The summed E-state index contributed by atoms with van der Waals surface area (Å²) in [5, 5.41) is 8.40. The molecule has 33 heavy (non-hydrogen) atoms. The summed E-state index contributed by atoms with van der Waals surface area (Å²) in [6.07, 6.45) is 1.83. The fourth-order valence-electron chi connectivity index (χ4n) is 4.41. The molecule has 0 bridgehead atoms. The van der Waals surface area contributed by atoms with E-state index in [0.29, 0.717) is 18.8 Å². The molecular formula is C22H35N7O3S. The molecule has 0 N–H and O–H groups in total. The lowest BCUT2D eigenvalue weighted by molar-refractivity contribution is 0.0964. The second-order valence-electron chi connectivity index (χ2n) is 9.16. The van der Waals surface area contributed by atoms with E-state index in [-0.39, 0.29) is 18.3 Å². The first-order chi connectivity index (χ1) is 15.8. The Morgan fingerprint density at radius 2 is 1.82 bits per heavy atom. The van der Waals surface area contributed by atoms with Crippen LogP contribution in [0.4, 0.5) is 0 Å². The molecule has 2 aromatic rings. The molecule has 1 aromatic heterocycles. The van der Waals surface area contributed by atoms with Crippen LogP contribution in [0, 0.1) is 0 Å². The highest BCUT2D eigenvalue weighted by molar-refractivity contribution is 7.89. The van der Waals surface area contributed by atoms with Crippen LogP contribution >= 0.6 is 0 Å². The average Bonchev–Trinajstić information content (AvgIpc) is 3.36. The van der Waals surface area contributed by atoms with E-state index in [1.54, 1.807) is 16.1 Å². The first-order valence-corrected chi connectivity index (χ1v) is 13.0. The summed E-state index contributed by atoms with van der Waals surface area (Å²) in [5.74, 6) is 0.992. The highest BCUT2D eigenvalue weighted by Crippen LogP contribution is 2.22. The molecule has 0 radical (unpaired) electrons. The topological polar surface area (TPSA) is 87.0 Å². The number of ether oxygens (including phenoxy) is 1. The summed E-state index contributed by atoms with van der Waals surface area (Å²) < 4.78 is 34.2. The lowest BCUT2D eigenvalue weighted by atomic mass is 10.2. The van der Waals surface area contributed by atoms with Crippen LogP contribution < -0.4 is 4.74 Å². The Morgan fingerprint density at radius 3 is 2.48 bits per heavy atom. The molecular weight excluding hydrogens is 442 g/mol. The van der Waals surface area contributed by atoms with Gasteiger partial charge in [-0.25, -0.2) is 13.1 Å². The maximum absolute atomic E-state index is 12.8. The molecule has 0 aliphatic carbocycles. The number of rotatable bonds is 9. The Kier molecular flexibility index (Phi) is 7.65. The van der Waals surface area contributed by atoms with E-state index >= 15 is 0 Å². The molecule has 1 atom stereocenters. The third kappa shape index (κ3) is 6.30. The maximum Gasteiger partial charge on any atom is 0.216 e. The molecule has 2 aliphatic rings. The minimum absolute atomic E-state index is 0.0420. The normalized spacial score (nSPS) is 22.2. The molecule has 182 valence electrons. The van der Waals surface area contributed by atoms with Crippen LogP contribution in [-0.2, 0) is 23.1 Å². The van der Waals surface area contributed by atoms with Gasteiger partial charge in [-0.2, -0.15) is 4.31 Å². The van der Waals surface area contributed by atoms with E-state index in [1.807, 2.05) is 30.5 Å². The summed E-state index contributed by atoms with van der Waals surface area (Å²) in [5.41, 5.74) is 1.74. The Labute approximate surface area is 196 Å². The fraction of sp³-hybridized carbons (Fsp3) is 0.636. The zero-order valence-electron chi connectivity index (χ0n) is 19.8. The number of piperazine rings is 1. The van der Waals surface area contributed by atoms with Crippen molar-refractivity contribution in [3.05, 3.63) is 41.7 Å². The molecule has 0 amide bonds. The van der Waals surface area contributed by atoms with Crippen LogP contribution in [-0.4, -0.2) is 121 Å². The van der Waals surface area contributed by atoms with Gasteiger partial charge < -0.3 is 9.64 Å². The van der Waals surface area contributed by atoms with Gasteiger partial charge in [0.25, 0.3) is 0 Å². The van der Waals surface area contributed by atoms with E-state index in [9.17, 15) is 8.42 Å². The minimum Gasteiger partial charge on any atom is -0.497 e. The third-order valence-corrected chi connectivity index (χ3v) is 8.30. The van der Waals surface area contributed by atoms with E-state index in [4.69, 9.17) is 4.74 Å². The Bertz CT molecular complexity index is 1000. The lowest BCUT2D eigenvalue weighted by Gasteiger charge is -2.37. The average molecular weight is 478 g/mol. The molecule has 2 aliphatic heterocycles. The Hall–Kier alpha value is -2.05. The summed E-state index contributed by atoms with van der Waals surface area (Å²) >= 11 is 0. The van der Waals surface area contributed by atoms with Crippen LogP contribution in [0.3, 0.4) is 0 Å². The Balaban J connectivity index is 1.30. The van der Waals surface area contributed by atoms with Crippen molar-refractivity contribution in [1.29, 1.82) is 0 Å². The second kappa shape index (κ2) is 10.5. The molecule has 3 heterocycles. The zero-order valence-corrected chi connectivity index (χ0v) is 20.6. The van der Waals surface area contributed by atoms with Crippen molar-refractivity contribution in [3.63, 3.8) is 0 Å². The molecule has 2 fully saturated rings. The molecule has 11 heteroatoms. The number of nitrogens with zero attached hydrogens (tertiary/aromatic N) is 7. The lowest BCUT2D eigenvalue weighted by Crippen LogP contribution is -2.52. The van der Waals surface area contributed by atoms with Crippen LogP contribution in [0.1, 0.15) is 11.3 Å². The van der Waals surface area contributed by atoms with Gasteiger partial charge in [0.15, 0.2) is 0 Å². The predicted octanol–water partition coefficient (Wildman–Crippen LogP) is 0.0282. The first-order valence-electron chi connectivity index (χ1n) is 11.4. The van der Waals surface area contributed by atoms with Gasteiger partial charge in [0.1, 0.15) is 5.75 Å². The van der Waals surface area contributed by atoms with Gasteiger partial charge in [-0.3, -0.25) is 9.80 Å². The van der Waals surface area contributed by atoms with Crippen molar-refractivity contribution in [2.75, 3.05) is 72.8 Å². The molecule has 1 aromatic carbocycles. The van der Waals surface area contributed by atoms with Crippen molar-refractivity contribution < 1.29 is 13.2 Å². The van der Waals surface area contributed by atoms with Crippen molar-refractivity contribution in [2.45, 2.75) is 19.1 Å². The molecule has 0 saturated carbocycles. The summed E-state index contributed by atoms with van der Waals surface area (Å²) in [7, 11) is 2.52. The summed E-state index contributed by atoms with van der Waals surface area (Å²) in [4.78, 5) is 6.99. The number of methoxy groups -OCH3 is 1. The quantitative estimate of drug-likeness (QED) is 0.500. The SMILES string of the molecule is COc1ccc(Cn2cc(CN3CC(N4CCN(CCN(C)C)CC4)CS3(=O)=O)nn2)cc1. The maximum atomic E-state index is 12.8.